The van der Waals surface area contributed by atoms with E-state index in [-0.39, 0.29) is 5.69 Å². The second-order valence-electron chi connectivity index (χ2n) is 3.18. The highest BCUT2D eigenvalue weighted by Gasteiger charge is 2.03. The number of hydrogen-bond donors (Lipinski definition) is 0. The Morgan fingerprint density at radius 3 is 2.50 bits per heavy atom. The van der Waals surface area contributed by atoms with Crippen LogP contribution in [-0.4, -0.2) is 4.92 Å². The van der Waals surface area contributed by atoms with E-state index in [1.807, 2.05) is 13.3 Å². The molecule has 0 saturated carbocycles. The Labute approximate surface area is 83.2 Å². The minimum atomic E-state index is -0.397. The molecule has 1 aromatic carbocycles. The van der Waals surface area contributed by atoms with Crippen molar-refractivity contribution in [1.29, 1.82) is 0 Å². The smallest absolute Gasteiger partial charge is 0.258 e. The second-order valence-corrected chi connectivity index (χ2v) is 3.18. The molecule has 0 aromatic heterocycles. The molecule has 0 aliphatic rings. The molecule has 0 aliphatic heterocycles. The predicted octanol–water partition coefficient (Wildman–Crippen LogP) is 2.92. The maximum atomic E-state index is 10.4. The topological polar surface area (TPSA) is 43.1 Å². The number of hydrogen-bond acceptors (Lipinski definition) is 2. The van der Waals surface area contributed by atoms with Gasteiger partial charge in [0.05, 0.1) is 4.92 Å². The third kappa shape index (κ3) is 3.01. The largest absolute Gasteiger partial charge is 0.269 e. The lowest BCUT2D eigenvalue weighted by molar-refractivity contribution is -0.384. The van der Waals surface area contributed by atoms with Crippen LogP contribution in [0.25, 0.3) is 0 Å². The predicted molar refractivity (Wildman–Crippen MR) is 55.9 cm³/mol. The summed E-state index contributed by atoms with van der Waals surface area (Å²) in [5.41, 5.74) is 2.19. The van der Waals surface area contributed by atoms with Crippen molar-refractivity contribution in [1.82, 2.24) is 0 Å². The lowest BCUT2D eigenvalue weighted by atomic mass is 10.1. The SMILES string of the molecule is C=C(C)[CH]Cc1ccc([N+](=O)[O-])cc1. The highest BCUT2D eigenvalue weighted by Crippen LogP contribution is 2.13. The van der Waals surface area contributed by atoms with Gasteiger partial charge in [-0.05, 0) is 25.3 Å². The van der Waals surface area contributed by atoms with Crippen LogP contribution in [-0.2, 0) is 6.42 Å². The number of rotatable bonds is 4. The zero-order valence-corrected chi connectivity index (χ0v) is 8.06. The molecular weight excluding hydrogens is 178 g/mol. The zero-order chi connectivity index (χ0) is 10.6. The van der Waals surface area contributed by atoms with Crippen LogP contribution in [0.1, 0.15) is 12.5 Å². The first-order valence-corrected chi connectivity index (χ1v) is 4.31. The van der Waals surface area contributed by atoms with Gasteiger partial charge >= 0.3 is 0 Å². The molecule has 1 aromatic rings. The number of benzene rings is 1. The highest BCUT2D eigenvalue weighted by atomic mass is 16.6. The van der Waals surface area contributed by atoms with Crippen molar-refractivity contribution in [2.45, 2.75) is 13.3 Å². The van der Waals surface area contributed by atoms with Crippen molar-refractivity contribution in [3.05, 3.63) is 58.5 Å². The van der Waals surface area contributed by atoms with E-state index in [0.29, 0.717) is 0 Å². The van der Waals surface area contributed by atoms with Crippen LogP contribution in [0.5, 0.6) is 0 Å². The number of non-ortho nitro benzene ring substituents is 1. The molecule has 0 bridgehead atoms. The van der Waals surface area contributed by atoms with E-state index >= 15 is 0 Å². The maximum absolute atomic E-state index is 10.4. The summed E-state index contributed by atoms with van der Waals surface area (Å²) in [4.78, 5) is 9.97. The third-order valence-corrected chi connectivity index (χ3v) is 1.83. The molecule has 14 heavy (non-hydrogen) atoms. The minimum absolute atomic E-state index is 0.129. The molecule has 0 amide bonds. The molecule has 3 heteroatoms. The summed E-state index contributed by atoms with van der Waals surface area (Å²) in [7, 11) is 0. The van der Waals surface area contributed by atoms with Crippen LogP contribution < -0.4 is 0 Å². The summed E-state index contributed by atoms with van der Waals surface area (Å²) in [6.07, 6.45) is 2.76. The van der Waals surface area contributed by atoms with Gasteiger partial charge in [-0.15, -0.1) is 0 Å². The molecule has 0 unspecified atom stereocenters. The summed E-state index contributed by atoms with van der Waals surface area (Å²) >= 11 is 0. The van der Waals surface area contributed by atoms with Gasteiger partial charge in [-0.1, -0.05) is 24.3 Å². The summed E-state index contributed by atoms with van der Waals surface area (Å²) in [6.45, 7) is 5.67. The fraction of sp³-hybridized carbons (Fsp3) is 0.182. The summed E-state index contributed by atoms with van der Waals surface area (Å²) in [6, 6.07) is 6.55. The molecule has 0 saturated heterocycles. The highest BCUT2D eigenvalue weighted by molar-refractivity contribution is 5.34. The van der Waals surface area contributed by atoms with Crippen LogP contribution in [0.3, 0.4) is 0 Å². The van der Waals surface area contributed by atoms with Crippen LogP contribution in [0.15, 0.2) is 36.4 Å². The van der Waals surface area contributed by atoms with Crippen molar-refractivity contribution >= 4 is 5.69 Å². The van der Waals surface area contributed by atoms with Gasteiger partial charge in [-0.3, -0.25) is 10.1 Å². The molecule has 1 rings (SSSR count). The average Bonchev–Trinajstić information content (AvgIpc) is 2.15. The second kappa shape index (κ2) is 4.56. The molecule has 0 atom stereocenters. The fourth-order valence-electron chi connectivity index (χ4n) is 1.05. The number of nitro groups is 1. The number of nitro benzene ring substituents is 1. The van der Waals surface area contributed by atoms with Crippen molar-refractivity contribution in [3.63, 3.8) is 0 Å². The molecule has 0 spiro atoms. The first-order chi connectivity index (χ1) is 6.59. The normalized spacial score (nSPS) is 9.79. The maximum Gasteiger partial charge on any atom is 0.269 e. The van der Waals surface area contributed by atoms with Gasteiger partial charge in [0.25, 0.3) is 5.69 Å². The van der Waals surface area contributed by atoms with E-state index in [4.69, 9.17) is 0 Å². The van der Waals surface area contributed by atoms with Crippen LogP contribution in [0.2, 0.25) is 0 Å². The van der Waals surface area contributed by atoms with Gasteiger partial charge in [0.2, 0.25) is 0 Å². The summed E-state index contributed by atoms with van der Waals surface area (Å²) in [5, 5.41) is 10.4. The Bertz CT molecular complexity index is 341. The lowest BCUT2D eigenvalue weighted by Gasteiger charge is -1.99. The molecular formula is C11H12NO2. The van der Waals surface area contributed by atoms with Gasteiger partial charge in [-0.25, -0.2) is 0 Å². The van der Waals surface area contributed by atoms with Crippen molar-refractivity contribution < 1.29 is 4.92 Å². The van der Waals surface area contributed by atoms with Gasteiger partial charge in [0.15, 0.2) is 0 Å². The van der Waals surface area contributed by atoms with Gasteiger partial charge in [0.1, 0.15) is 0 Å². The van der Waals surface area contributed by atoms with Crippen molar-refractivity contribution in [2.24, 2.45) is 0 Å². The van der Waals surface area contributed by atoms with E-state index in [0.717, 1.165) is 17.6 Å². The van der Waals surface area contributed by atoms with Gasteiger partial charge < -0.3 is 0 Å². The Morgan fingerprint density at radius 1 is 1.50 bits per heavy atom. The van der Waals surface area contributed by atoms with Gasteiger partial charge in [0, 0.05) is 12.1 Å². The molecule has 3 nitrogen and oxygen atoms in total. The monoisotopic (exact) mass is 190 g/mol. The number of allylic oxidation sites excluding steroid dienone is 1. The molecule has 0 N–H and O–H groups in total. The van der Waals surface area contributed by atoms with Crippen LogP contribution >= 0.6 is 0 Å². The molecule has 0 fully saturated rings. The van der Waals surface area contributed by atoms with Crippen molar-refractivity contribution in [2.75, 3.05) is 0 Å². The zero-order valence-electron chi connectivity index (χ0n) is 8.06. The fourth-order valence-corrected chi connectivity index (χ4v) is 1.05. The Balaban J connectivity index is 2.64. The Morgan fingerprint density at radius 2 is 2.07 bits per heavy atom. The lowest BCUT2D eigenvalue weighted by Crippen LogP contribution is -1.90. The van der Waals surface area contributed by atoms with E-state index in [1.54, 1.807) is 12.1 Å². The van der Waals surface area contributed by atoms with Crippen molar-refractivity contribution in [3.8, 4) is 0 Å². The summed E-state index contributed by atoms with van der Waals surface area (Å²) < 4.78 is 0. The first kappa shape index (κ1) is 10.4. The van der Waals surface area contributed by atoms with Gasteiger partial charge in [-0.2, -0.15) is 0 Å². The van der Waals surface area contributed by atoms with E-state index in [9.17, 15) is 10.1 Å². The Hall–Kier alpha value is -1.64. The molecule has 73 valence electrons. The quantitative estimate of drug-likeness (QED) is 0.541. The molecule has 0 heterocycles. The third-order valence-electron chi connectivity index (χ3n) is 1.83. The first-order valence-electron chi connectivity index (χ1n) is 4.31. The average molecular weight is 190 g/mol. The van der Waals surface area contributed by atoms with Crippen LogP contribution in [0.4, 0.5) is 5.69 Å². The Kier molecular flexibility index (Phi) is 3.40. The van der Waals surface area contributed by atoms with E-state index < -0.39 is 4.92 Å². The van der Waals surface area contributed by atoms with E-state index in [2.05, 4.69) is 6.58 Å². The summed E-state index contributed by atoms with van der Waals surface area (Å²) in [5.74, 6) is 0. The van der Waals surface area contributed by atoms with Crippen LogP contribution in [0, 0.1) is 16.5 Å². The standard InChI is InChI=1S/C11H12NO2/c1-9(2)3-4-10-5-7-11(8-6-10)12(13)14/h3,5-8H,1,4H2,2H3. The minimum Gasteiger partial charge on any atom is -0.258 e. The molecule has 0 aliphatic carbocycles. The number of nitrogens with zero attached hydrogens (tertiary/aromatic N) is 1. The van der Waals surface area contributed by atoms with E-state index in [1.165, 1.54) is 12.1 Å². The molecule has 1 radical (unpaired) electrons.